The van der Waals surface area contributed by atoms with Crippen molar-refractivity contribution in [2.24, 2.45) is 0 Å². The number of carbonyl (C=O) groups excluding carboxylic acids is 3. The standard InChI is InChI=1S/C19H24BrN3O5S/c1-3-27-8-9-28-16(24)11-15-18(26)21-6-7-23(15)19(29)22-17(25)13-5-4-12(2)14(20)10-13/h4-5,10,15H,3,6-9,11H2,1-2H3,(H,21,26)(H,22,25,29). The summed E-state index contributed by atoms with van der Waals surface area (Å²) in [4.78, 5) is 38.4. The highest BCUT2D eigenvalue weighted by atomic mass is 79.9. The van der Waals surface area contributed by atoms with Gasteiger partial charge in [0.15, 0.2) is 5.11 Å². The number of nitrogens with zero attached hydrogens (tertiary/aromatic N) is 1. The van der Waals surface area contributed by atoms with Crippen molar-refractivity contribution >= 4 is 51.0 Å². The molecule has 1 aliphatic heterocycles. The summed E-state index contributed by atoms with van der Waals surface area (Å²) in [5.74, 6) is -1.26. The molecule has 1 fully saturated rings. The number of hydrogen-bond acceptors (Lipinski definition) is 6. The predicted octanol–water partition coefficient (Wildman–Crippen LogP) is 1.54. The Morgan fingerprint density at radius 2 is 2.14 bits per heavy atom. The van der Waals surface area contributed by atoms with E-state index in [1.54, 1.807) is 17.0 Å². The Morgan fingerprint density at radius 3 is 2.83 bits per heavy atom. The van der Waals surface area contributed by atoms with Gasteiger partial charge in [-0.25, -0.2) is 0 Å². The molecule has 2 N–H and O–H groups in total. The molecule has 0 aromatic heterocycles. The minimum Gasteiger partial charge on any atom is -0.463 e. The number of esters is 1. The molecule has 1 aromatic carbocycles. The Labute approximate surface area is 183 Å². The summed E-state index contributed by atoms with van der Waals surface area (Å²) in [5, 5.41) is 5.44. The van der Waals surface area contributed by atoms with Crippen molar-refractivity contribution in [2.75, 3.05) is 32.9 Å². The fourth-order valence-electron chi connectivity index (χ4n) is 2.71. The summed E-state index contributed by atoms with van der Waals surface area (Å²) in [5.41, 5.74) is 1.43. The summed E-state index contributed by atoms with van der Waals surface area (Å²) >= 11 is 8.74. The second-order valence-electron chi connectivity index (χ2n) is 6.34. The lowest BCUT2D eigenvalue weighted by Crippen LogP contribution is -2.60. The van der Waals surface area contributed by atoms with Gasteiger partial charge in [0.2, 0.25) is 5.91 Å². The smallest absolute Gasteiger partial charge is 0.308 e. The maximum Gasteiger partial charge on any atom is 0.308 e. The molecule has 1 aliphatic rings. The SMILES string of the molecule is CCOCCOC(=O)CC1C(=O)NCCN1C(=S)NC(=O)c1ccc(C)c(Br)c1. The van der Waals surface area contributed by atoms with Crippen LogP contribution in [0, 0.1) is 6.92 Å². The van der Waals surface area contributed by atoms with Gasteiger partial charge in [0.25, 0.3) is 5.91 Å². The Kier molecular flexibility index (Phi) is 8.99. The Hall–Kier alpha value is -2.04. The molecule has 158 valence electrons. The van der Waals surface area contributed by atoms with Crippen molar-refractivity contribution in [1.82, 2.24) is 15.5 Å². The molecule has 0 radical (unpaired) electrons. The normalized spacial score (nSPS) is 16.2. The van der Waals surface area contributed by atoms with E-state index in [2.05, 4.69) is 26.6 Å². The van der Waals surface area contributed by atoms with Crippen LogP contribution in [-0.4, -0.2) is 66.7 Å². The lowest BCUT2D eigenvalue weighted by Gasteiger charge is -2.36. The van der Waals surface area contributed by atoms with Crippen molar-refractivity contribution in [3.8, 4) is 0 Å². The van der Waals surface area contributed by atoms with Gasteiger partial charge in [-0.05, 0) is 43.8 Å². The van der Waals surface area contributed by atoms with E-state index < -0.39 is 12.0 Å². The average molecular weight is 486 g/mol. The van der Waals surface area contributed by atoms with Crippen LogP contribution < -0.4 is 10.6 Å². The van der Waals surface area contributed by atoms with Crippen LogP contribution in [0.5, 0.6) is 0 Å². The number of ether oxygens (including phenoxy) is 2. The Balaban J connectivity index is 2.00. The van der Waals surface area contributed by atoms with Crippen LogP contribution in [0.2, 0.25) is 0 Å². The van der Waals surface area contributed by atoms with Crippen molar-refractivity contribution < 1.29 is 23.9 Å². The first kappa shape index (κ1) is 23.2. The van der Waals surface area contributed by atoms with E-state index in [4.69, 9.17) is 21.7 Å². The van der Waals surface area contributed by atoms with E-state index in [-0.39, 0.29) is 30.0 Å². The first-order chi connectivity index (χ1) is 13.8. The molecule has 0 bridgehead atoms. The molecule has 1 atom stereocenters. The molecular formula is C19H24BrN3O5S. The van der Waals surface area contributed by atoms with E-state index in [0.29, 0.717) is 31.9 Å². The maximum atomic E-state index is 12.5. The van der Waals surface area contributed by atoms with Gasteiger partial charge in [0, 0.05) is 29.7 Å². The lowest BCUT2D eigenvalue weighted by atomic mass is 10.1. The number of benzene rings is 1. The first-order valence-electron chi connectivity index (χ1n) is 9.22. The van der Waals surface area contributed by atoms with Gasteiger partial charge in [0.1, 0.15) is 12.6 Å². The van der Waals surface area contributed by atoms with Crippen LogP contribution in [-0.2, 0) is 19.1 Å². The van der Waals surface area contributed by atoms with Crippen molar-refractivity contribution in [1.29, 1.82) is 0 Å². The van der Waals surface area contributed by atoms with Crippen LogP contribution >= 0.6 is 28.1 Å². The third-order valence-corrected chi connectivity index (χ3v) is 5.49. The number of carbonyl (C=O) groups is 3. The van der Waals surface area contributed by atoms with E-state index >= 15 is 0 Å². The average Bonchev–Trinajstić information content (AvgIpc) is 2.68. The highest BCUT2D eigenvalue weighted by Gasteiger charge is 2.34. The van der Waals surface area contributed by atoms with E-state index in [1.165, 1.54) is 0 Å². The zero-order valence-electron chi connectivity index (χ0n) is 16.3. The molecule has 29 heavy (non-hydrogen) atoms. The third-order valence-electron chi connectivity index (χ3n) is 4.30. The first-order valence-corrected chi connectivity index (χ1v) is 10.4. The summed E-state index contributed by atoms with van der Waals surface area (Å²) in [6, 6.07) is 4.36. The van der Waals surface area contributed by atoms with Gasteiger partial charge < -0.3 is 19.7 Å². The van der Waals surface area contributed by atoms with E-state index in [9.17, 15) is 14.4 Å². The van der Waals surface area contributed by atoms with Crippen LogP contribution in [0.15, 0.2) is 22.7 Å². The number of amides is 2. The van der Waals surface area contributed by atoms with Crippen molar-refractivity contribution in [2.45, 2.75) is 26.3 Å². The molecule has 2 rings (SSSR count). The number of nitrogens with one attached hydrogen (secondary N) is 2. The molecule has 10 heteroatoms. The number of thiocarbonyl (C=S) groups is 1. The minimum atomic E-state index is -0.846. The summed E-state index contributed by atoms with van der Waals surface area (Å²) in [6.45, 7) is 5.44. The van der Waals surface area contributed by atoms with Gasteiger partial charge in [-0.1, -0.05) is 22.0 Å². The lowest BCUT2D eigenvalue weighted by molar-refractivity contribution is -0.148. The fraction of sp³-hybridized carbons (Fsp3) is 0.474. The topological polar surface area (TPSA) is 97.0 Å². The number of rotatable bonds is 7. The molecule has 0 aliphatic carbocycles. The third kappa shape index (κ3) is 6.76. The summed E-state index contributed by atoms with van der Waals surface area (Å²) in [7, 11) is 0. The molecule has 2 amide bonds. The van der Waals surface area contributed by atoms with Gasteiger partial charge >= 0.3 is 5.97 Å². The zero-order valence-corrected chi connectivity index (χ0v) is 18.7. The molecule has 1 aromatic rings. The van der Waals surface area contributed by atoms with Gasteiger partial charge in [-0.3, -0.25) is 19.7 Å². The Bertz CT molecular complexity index is 789. The number of hydrogen-bond donors (Lipinski definition) is 2. The monoisotopic (exact) mass is 485 g/mol. The highest BCUT2D eigenvalue weighted by Crippen LogP contribution is 2.18. The molecule has 0 spiro atoms. The van der Waals surface area contributed by atoms with Gasteiger partial charge in [0.05, 0.1) is 13.0 Å². The van der Waals surface area contributed by atoms with Crippen LogP contribution in [0.3, 0.4) is 0 Å². The van der Waals surface area contributed by atoms with Crippen molar-refractivity contribution in [3.05, 3.63) is 33.8 Å². The molecule has 1 unspecified atom stereocenters. The minimum absolute atomic E-state index is 0.0914. The second-order valence-corrected chi connectivity index (χ2v) is 7.59. The van der Waals surface area contributed by atoms with Crippen LogP contribution in [0.1, 0.15) is 29.3 Å². The largest absolute Gasteiger partial charge is 0.463 e. The molecule has 8 nitrogen and oxygen atoms in total. The van der Waals surface area contributed by atoms with Gasteiger partial charge in [-0.15, -0.1) is 0 Å². The molecular weight excluding hydrogens is 462 g/mol. The maximum absolute atomic E-state index is 12.5. The van der Waals surface area contributed by atoms with Crippen LogP contribution in [0.4, 0.5) is 0 Å². The molecule has 1 saturated heterocycles. The molecule has 1 heterocycles. The summed E-state index contributed by atoms with van der Waals surface area (Å²) in [6.07, 6.45) is -0.177. The number of halogens is 1. The quantitative estimate of drug-likeness (QED) is 0.343. The van der Waals surface area contributed by atoms with E-state index in [1.807, 2.05) is 19.9 Å². The van der Waals surface area contributed by atoms with E-state index in [0.717, 1.165) is 10.0 Å². The number of aryl methyl sites for hydroxylation is 1. The fourth-order valence-corrected chi connectivity index (χ4v) is 3.40. The number of piperazine rings is 1. The highest BCUT2D eigenvalue weighted by molar-refractivity contribution is 9.10. The van der Waals surface area contributed by atoms with Gasteiger partial charge in [-0.2, -0.15) is 0 Å². The molecule has 0 saturated carbocycles. The second kappa shape index (κ2) is 11.2. The Morgan fingerprint density at radius 1 is 1.38 bits per heavy atom. The predicted molar refractivity (Wildman–Crippen MR) is 115 cm³/mol. The zero-order chi connectivity index (χ0) is 21.4. The summed E-state index contributed by atoms with van der Waals surface area (Å²) < 4.78 is 11.0. The van der Waals surface area contributed by atoms with Crippen LogP contribution in [0.25, 0.3) is 0 Å². The van der Waals surface area contributed by atoms with Crippen molar-refractivity contribution in [3.63, 3.8) is 0 Å².